The molecular weight excluding hydrogens is 441 g/mol. The van der Waals surface area contributed by atoms with Gasteiger partial charge in [-0.25, -0.2) is 22.8 Å². The smallest absolute Gasteiger partial charge is 0.334 e. The molecule has 172 valence electrons. The number of nitro groups is 1. The van der Waals surface area contributed by atoms with E-state index in [1.165, 1.54) is 19.1 Å². The van der Waals surface area contributed by atoms with Crippen molar-refractivity contribution in [3.8, 4) is 0 Å². The molecule has 12 heteroatoms. The second-order valence-electron chi connectivity index (χ2n) is 7.47. The Labute approximate surface area is 185 Å². The van der Waals surface area contributed by atoms with Gasteiger partial charge >= 0.3 is 5.69 Å². The van der Waals surface area contributed by atoms with Gasteiger partial charge in [0.25, 0.3) is 0 Å². The van der Waals surface area contributed by atoms with Gasteiger partial charge in [-0.05, 0) is 39.6 Å². The fraction of sp³-hybridized carbons (Fsp3) is 0.450. The summed E-state index contributed by atoms with van der Waals surface area (Å²) in [5, 5.41) is 10.6. The first-order valence-corrected chi connectivity index (χ1v) is 11.5. The van der Waals surface area contributed by atoms with Crippen molar-refractivity contribution in [3.63, 3.8) is 0 Å². The lowest BCUT2D eigenvalue weighted by molar-refractivity contribution is -0.385. The molecule has 32 heavy (non-hydrogen) atoms. The molecule has 0 N–H and O–H groups in total. The molecule has 10 nitrogen and oxygen atoms in total. The van der Waals surface area contributed by atoms with Crippen molar-refractivity contribution in [2.24, 2.45) is 4.99 Å². The molecule has 2 heterocycles. The average Bonchev–Trinajstić information content (AvgIpc) is 2.73. The number of rotatable bonds is 7. The van der Waals surface area contributed by atoms with Crippen LogP contribution in [-0.4, -0.2) is 61.9 Å². The molecule has 2 aromatic rings. The van der Waals surface area contributed by atoms with Gasteiger partial charge in [0.05, 0.1) is 30.2 Å². The summed E-state index contributed by atoms with van der Waals surface area (Å²) in [6.45, 7) is 8.74. The third-order valence-electron chi connectivity index (χ3n) is 5.46. The van der Waals surface area contributed by atoms with Crippen molar-refractivity contribution in [1.29, 1.82) is 0 Å². The van der Waals surface area contributed by atoms with Crippen LogP contribution in [0.3, 0.4) is 0 Å². The van der Waals surface area contributed by atoms with Crippen molar-refractivity contribution < 1.29 is 22.5 Å². The van der Waals surface area contributed by atoms with Crippen molar-refractivity contribution >= 4 is 28.1 Å². The van der Waals surface area contributed by atoms with E-state index in [0.717, 1.165) is 12.1 Å². The van der Waals surface area contributed by atoms with Gasteiger partial charge in [0.1, 0.15) is 27.5 Å². The number of halogens is 1. The molecule has 0 saturated carbocycles. The van der Waals surface area contributed by atoms with Crippen LogP contribution >= 0.6 is 0 Å². The lowest BCUT2D eigenvalue weighted by Gasteiger charge is -2.38. The topological polar surface area (TPSA) is 128 Å². The summed E-state index contributed by atoms with van der Waals surface area (Å²) < 4.78 is 46.8. The van der Waals surface area contributed by atoms with Crippen molar-refractivity contribution in [2.45, 2.75) is 43.1 Å². The summed E-state index contributed by atoms with van der Waals surface area (Å²) in [7, 11) is -4.44. The highest BCUT2D eigenvalue weighted by atomic mass is 32.2. The van der Waals surface area contributed by atoms with E-state index in [2.05, 4.69) is 21.7 Å². The maximum atomic E-state index is 14.4. The summed E-state index contributed by atoms with van der Waals surface area (Å²) in [6, 6.07) is 4.58. The molecule has 0 amide bonds. The van der Waals surface area contributed by atoms with E-state index in [4.69, 9.17) is 4.74 Å². The van der Waals surface area contributed by atoms with E-state index in [9.17, 15) is 22.9 Å². The lowest BCUT2D eigenvalue weighted by atomic mass is 10.1. The fourth-order valence-electron chi connectivity index (χ4n) is 3.68. The van der Waals surface area contributed by atoms with Gasteiger partial charge in [0.2, 0.25) is 5.82 Å². The van der Waals surface area contributed by atoms with E-state index in [1.54, 1.807) is 4.90 Å². The highest BCUT2D eigenvalue weighted by Gasteiger charge is 2.41. The standard InChI is InChI=1S/C20H24FN5O5S/c1-12-13(2)31-10-9-25(12)20-19(26(27)28)18(23-14(3)24-20)17(11-22-4)32(29,30)16-8-6-5-7-15(16)21/h5-8,12-13,17H,4,9-11H2,1-3H3/t12-,13+,17?/m0/s1. The second-order valence-corrected chi connectivity index (χ2v) is 9.56. The predicted molar refractivity (Wildman–Crippen MR) is 116 cm³/mol. The SMILES string of the molecule is C=NCC(c1nc(C)nc(N2CCO[C@H](C)[C@@H]2C)c1[N+](=O)[O-])S(=O)(=O)c1ccccc1F. The van der Waals surface area contributed by atoms with Gasteiger partial charge in [0, 0.05) is 6.54 Å². The Bertz CT molecular complexity index is 1140. The Morgan fingerprint density at radius 3 is 2.69 bits per heavy atom. The molecule has 0 spiro atoms. The Morgan fingerprint density at radius 2 is 2.06 bits per heavy atom. The molecule has 1 aromatic heterocycles. The quantitative estimate of drug-likeness (QED) is 0.347. The van der Waals surface area contributed by atoms with Crippen LogP contribution in [0.4, 0.5) is 15.9 Å². The number of ether oxygens (including phenoxy) is 1. The van der Waals surface area contributed by atoms with Gasteiger partial charge in [0.15, 0.2) is 9.84 Å². The molecule has 0 bridgehead atoms. The number of aliphatic imine (C=N–C) groups is 1. The summed E-state index contributed by atoms with van der Waals surface area (Å²) in [6.07, 6.45) is -0.227. The third-order valence-corrected chi connectivity index (χ3v) is 7.53. The predicted octanol–water partition coefficient (Wildman–Crippen LogP) is 2.66. The van der Waals surface area contributed by atoms with Crippen LogP contribution in [-0.2, 0) is 14.6 Å². The van der Waals surface area contributed by atoms with Crippen LogP contribution in [0.15, 0.2) is 34.2 Å². The molecule has 3 rings (SSSR count). The Balaban J connectivity index is 2.27. The van der Waals surface area contributed by atoms with Gasteiger partial charge < -0.3 is 9.64 Å². The Hall–Kier alpha value is -2.99. The van der Waals surface area contributed by atoms with Crippen LogP contribution in [0.2, 0.25) is 0 Å². The third kappa shape index (κ3) is 4.32. The fourth-order valence-corrected chi connectivity index (χ4v) is 5.36. The first-order chi connectivity index (χ1) is 15.1. The zero-order chi connectivity index (χ0) is 23.6. The molecule has 1 aliphatic heterocycles. The maximum absolute atomic E-state index is 14.4. The minimum atomic E-state index is -4.44. The number of hydrogen-bond acceptors (Lipinski definition) is 9. The van der Waals surface area contributed by atoms with Crippen LogP contribution in [0.25, 0.3) is 0 Å². The van der Waals surface area contributed by atoms with Crippen molar-refractivity contribution in [1.82, 2.24) is 9.97 Å². The van der Waals surface area contributed by atoms with Crippen LogP contribution in [0, 0.1) is 22.9 Å². The van der Waals surface area contributed by atoms with E-state index in [-0.39, 0.29) is 29.5 Å². The van der Waals surface area contributed by atoms with Gasteiger partial charge in [-0.3, -0.25) is 15.1 Å². The van der Waals surface area contributed by atoms with Crippen LogP contribution in [0.5, 0.6) is 0 Å². The molecule has 3 atom stereocenters. The summed E-state index contributed by atoms with van der Waals surface area (Å²) >= 11 is 0. The molecule has 0 radical (unpaired) electrons. The van der Waals surface area contributed by atoms with Gasteiger partial charge in [-0.15, -0.1) is 0 Å². The largest absolute Gasteiger partial charge is 0.375 e. The van der Waals surface area contributed by atoms with Gasteiger partial charge in [-0.1, -0.05) is 12.1 Å². The minimum absolute atomic E-state index is 0.00190. The first-order valence-electron chi connectivity index (χ1n) is 9.91. The summed E-state index contributed by atoms with van der Waals surface area (Å²) in [5.41, 5.74) is -0.899. The van der Waals surface area contributed by atoms with Crippen molar-refractivity contribution in [3.05, 3.63) is 51.7 Å². The normalized spacial score (nSPS) is 20.1. The molecule has 1 aromatic carbocycles. The number of benzene rings is 1. The number of nitrogens with zero attached hydrogens (tertiary/aromatic N) is 5. The highest BCUT2D eigenvalue weighted by Crippen LogP contribution is 2.40. The molecule has 0 aliphatic carbocycles. The second kappa shape index (κ2) is 9.25. The number of aromatic nitrogens is 2. The van der Waals surface area contributed by atoms with Gasteiger partial charge in [-0.2, -0.15) is 0 Å². The maximum Gasteiger partial charge on any atom is 0.334 e. The van der Waals surface area contributed by atoms with E-state index in [1.807, 2.05) is 13.8 Å². The monoisotopic (exact) mass is 465 g/mol. The lowest BCUT2D eigenvalue weighted by Crippen LogP contribution is -2.49. The number of morpholine rings is 1. The molecule has 1 saturated heterocycles. The number of sulfone groups is 1. The summed E-state index contributed by atoms with van der Waals surface area (Å²) in [4.78, 5) is 24.7. The molecule has 1 unspecified atom stereocenters. The molecular formula is C20H24FN5O5S. The first kappa shape index (κ1) is 23.7. The Morgan fingerprint density at radius 1 is 1.38 bits per heavy atom. The zero-order valence-corrected chi connectivity index (χ0v) is 18.7. The number of hydrogen-bond donors (Lipinski definition) is 0. The van der Waals surface area contributed by atoms with E-state index in [0.29, 0.717) is 13.2 Å². The van der Waals surface area contributed by atoms with E-state index < -0.39 is 43.0 Å². The van der Waals surface area contributed by atoms with Crippen LogP contribution in [0.1, 0.15) is 30.6 Å². The zero-order valence-electron chi connectivity index (χ0n) is 17.9. The van der Waals surface area contributed by atoms with Crippen molar-refractivity contribution in [2.75, 3.05) is 24.6 Å². The Kier molecular flexibility index (Phi) is 6.84. The van der Waals surface area contributed by atoms with E-state index >= 15 is 0 Å². The minimum Gasteiger partial charge on any atom is -0.375 e. The number of aryl methyl sites for hydroxylation is 1. The molecule has 1 fully saturated rings. The average molecular weight is 466 g/mol. The highest BCUT2D eigenvalue weighted by molar-refractivity contribution is 7.91. The summed E-state index contributed by atoms with van der Waals surface area (Å²) in [5.74, 6) is -0.825. The molecule has 1 aliphatic rings. The van der Waals surface area contributed by atoms with Crippen LogP contribution < -0.4 is 4.90 Å². The number of anilines is 1.